The van der Waals surface area contributed by atoms with Gasteiger partial charge in [0, 0.05) is 119 Å². The molecule has 1 unspecified atom stereocenters. The number of aliphatic hydroxyl groups is 2. The van der Waals surface area contributed by atoms with E-state index in [9.17, 15) is 83.1 Å². The van der Waals surface area contributed by atoms with Crippen molar-refractivity contribution >= 4 is 134 Å². The number of nitrogens with one attached hydrogen (secondary N) is 13. The Hall–Kier alpha value is -14.4. The second-order valence-electron chi connectivity index (χ2n) is 34.3. The van der Waals surface area contributed by atoms with E-state index in [1.165, 1.54) is 88.7 Å². The molecule has 3 saturated heterocycles. The van der Waals surface area contributed by atoms with Crippen LogP contribution in [0.4, 0.5) is 0 Å². The van der Waals surface area contributed by atoms with E-state index in [2.05, 4.69) is 73.4 Å². The smallest absolute Gasteiger partial charge is 0.323 e. The number of amides is 17. The number of hydrogen-bond acceptors (Lipinski definition) is 24. The van der Waals surface area contributed by atoms with Gasteiger partial charge < -0.3 is 135 Å². The number of phenolic OH excluding ortho intramolecular Hbond substituents is 1. The molecule has 0 aliphatic carbocycles. The molecule has 22 N–H and O–H groups in total. The number of imidazole rings is 1. The summed E-state index contributed by atoms with van der Waals surface area (Å²) in [7, 11) is 3.77. The van der Waals surface area contributed by atoms with Gasteiger partial charge in [-0.1, -0.05) is 88.1 Å². The molecular weight excluding hydrogens is 1770 g/mol. The van der Waals surface area contributed by atoms with Crippen molar-refractivity contribution in [3.63, 3.8) is 0 Å². The molecule has 9 rings (SSSR count). The van der Waals surface area contributed by atoms with E-state index in [1.807, 2.05) is 13.8 Å². The lowest BCUT2D eigenvalue weighted by Gasteiger charge is -2.36. The van der Waals surface area contributed by atoms with Gasteiger partial charge in [0.1, 0.15) is 96.9 Å². The molecule has 3 aliphatic heterocycles. The molecular formula is C90H122N22O24. The van der Waals surface area contributed by atoms with Gasteiger partial charge >= 0.3 is 11.9 Å². The molecule has 0 radical (unpaired) electrons. The van der Waals surface area contributed by atoms with Crippen molar-refractivity contribution in [2.24, 2.45) is 11.5 Å². The van der Waals surface area contributed by atoms with Crippen LogP contribution in [-0.2, 0) is 123 Å². The van der Waals surface area contributed by atoms with Crippen LogP contribution in [0.15, 0.2) is 97.7 Å². The number of nitrogens with zero attached hydrogens (tertiary/aromatic N) is 7. The van der Waals surface area contributed by atoms with Crippen LogP contribution in [0, 0.1) is 0 Å². The van der Waals surface area contributed by atoms with Gasteiger partial charge in [0.25, 0.3) is 0 Å². The molecule has 17 amide bonds. The van der Waals surface area contributed by atoms with E-state index < -0.39 is 281 Å². The van der Waals surface area contributed by atoms with E-state index in [0.29, 0.717) is 57.8 Å². The van der Waals surface area contributed by atoms with Crippen LogP contribution in [0.5, 0.6) is 5.75 Å². The summed E-state index contributed by atoms with van der Waals surface area (Å²) >= 11 is 0. The number of likely N-dealkylation sites (N-methyl/N-ethyl adjacent to an activating group) is 3. The number of nitrogens with two attached hydrogens (primary N) is 2. The average molecular weight is 1900 g/mol. The van der Waals surface area contributed by atoms with E-state index in [4.69, 9.17) is 11.5 Å². The Balaban J connectivity index is 1.09. The number of rotatable bonds is 25. The first-order chi connectivity index (χ1) is 64.7. The fraction of sp³-hybridized carbons (Fsp3) is 0.511. The highest BCUT2D eigenvalue weighted by molar-refractivity contribution is 6.03. The van der Waals surface area contributed by atoms with Gasteiger partial charge in [-0.2, -0.15) is 0 Å². The Morgan fingerprint density at radius 2 is 1.13 bits per heavy atom. The van der Waals surface area contributed by atoms with Gasteiger partial charge in [-0.05, 0) is 99.9 Å². The van der Waals surface area contributed by atoms with Crippen LogP contribution in [0.3, 0.4) is 0 Å². The number of aliphatic carboxylic acids is 2. The third-order valence-corrected chi connectivity index (χ3v) is 24.3. The Kier molecular flexibility index (Phi) is 38.3. The molecule has 3 aliphatic rings. The minimum Gasteiger partial charge on any atom is -0.508 e. The number of aliphatic hydroxyl groups excluding tert-OH is 2. The summed E-state index contributed by atoms with van der Waals surface area (Å²) in [6.07, 6.45) is 0.920. The first-order valence-electron chi connectivity index (χ1n) is 45.0. The molecule has 3 fully saturated rings. The highest BCUT2D eigenvalue weighted by Crippen LogP contribution is 2.29. The van der Waals surface area contributed by atoms with Crippen molar-refractivity contribution in [2.45, 2.75) is 234 Å². The van der Waals surface area contributed by atoms with Gasteiger partial charge in [0.05, 0.1) is 38.5 Å². The fourth-order valence-corrected chi connectivity index (χ4v) is 16.7. The van der Waals surface area contributed by atoms with Crippen molar-refractivity contribution in [1.82, 2.24) is 103 Å². The molecule has 6 heterocycles. The Morgan fingerprint density at radius 1 is 0.544 bits per heavy atom. The molecule has 15 atom stereocenters. The number of fused-ring (bicyclic) bond motifs is 4. The van der Waals surface area contributed by atoms with E-state index >= 15 is 33.6 Å². The first-order valence-corrected chi connectivity index (χ1v) is 45.0. The van der Waals surface area contributed by atoms with Crippen LogP contribution in [0.25, 0.3) is 21.8 Å². The SMILES string of the molecule is CCCC[C@H]1C(=O)N(C)[C@@H](CCCC)C(=O)N[C@@H](C)C(=O)N[C@H](C(=O)NCC(N)=O)CCNCC(=O)N[C@@H](Cc2ccc(O)cc2)C(=O)N(C)[C@@H](C)C(=O)NC(CC(=O)O)C(=O)N2CCC[C@H]2C(=O)N[C@@H](Cc2cnc[nH]2)C(=O)N[C@@H](CCC(N)=O)C(=O)N2C[C@H](O)C[C@H]2C(=O)N[C@@H](Cc2c[nH]c3ccccc23)C(=O)N[C@@H](CO)C(=O)N[C@@H](Cc2cn(CC(=O)O)c3ccccc23)C(=O)N1C. The highest BCUT2D eigenvalue weighted by Gasteiger charge is 2.47. The van der Waals surface area contributed by atoms with E-state index in [1.54, 1.807) is 48.5 Å². The highest BCUT2D eigenvalue weighted by atomic mass is 16.4. The van der Waals surface area contributed by atoms with E-state index in [-0.39, 0.29) is 69.5 Å². The third-order valence-electron chi connectivity index (χ3n) is 24.3. The Bertz CT molecular complexity index is 5340. The maximum atomic E-state index is 15.8. The number of hydrogen-bond donors (Lipinski definition) is 20. The second-order valence-corrected chi connectivity index (χ2v) is 34.3. The minimum absolute atomic E-state index is 0.0203. The number of primary amides is 2. The maximum Gasteiger partial charge on any atom is 0.323 e. The number of aromatic hydroxyl groups is 1. The molecule has 6 aromatic rings. The van der Waals surface area contributed by atoms with Gasteiger partial charge in [0.15, 0.2) is 0 Å². The summed E-state index contributed by atoms with van der Waals surface area (Å²) in [6.45, 7) is 2.01. The number of aromatic amines is 2. The zero-order valence-electron chi connectivity index (χ0n) is 76.6. The van der Waals surface area contributed by atoms with Crippen molar-refractivity contribution in [3.05, 3.63) is 120 Å². The summed E-state index contributed by atoms with van der Waals surface area (Å²) in [5.41, 5.74) is 13.3. The summed E-state index contributed by atoms with van der Waals surface area (Å²) in [5, 5.41) is 82.4. The number of carboxylic acids is 2. The van der Waals surface area contributed by atoms with Crippen LogP contribution in [0.2, 0.25) is 0 Å². The molecule has 46 heteroatoms. The monoisotopic (exact) mass is 1890 g/mol. The van der Waals surface area contributed by atoms with Crippen molar-refractivity contribution < 1.29 is 117 Å². The lowest BCUT2D eigenvalue weighted by molar-refractivity contribution is -0.149. The Morgan fingerprint density at radius 3 is 1.78 bits per heavy atom. The zero-order valence-corrected chi connectivity index (χ0v) is 76.6. The normalized spacial score (nSPS) is 24.7. The van der Waals surface area contributed by atoms with Crippen LogP contribution >= 0.6 is 0 Å². The number of H-pyrrole nitrogens is 2. The molecule has 46 nitrogen and oxygen atoms in total. The quantitative estimate of drug-likeness (QED) is 0.0257. The summed E-state index contributed by atoms with van der Waals surface area (Å²) in [5.74, 6) is -20.1. The number of unbranched alkanes of at least 4 members (excludes halogenated alkanes) is 2. The molecule has 136 heavy (non-hydrogen) atoms. The number of carbonyl (C=O) groups is 19. The molecule has 0 spiro atoms. The predicted octanol–water partition coefficient (Wildman–Crippen LogP) is -4.55. The van der Waals surface area contributed by atoms with Gasteiger partial charge in [-0.15, -0.1) is 0 Å². The summed E-state index contributed by atoms with van der Waals surface area (Å²) < 4.78 is 1.39. The second kappa shape index (κ2) is 49.5. The lowest BCUT2D eigenvalue weighted by atomic mass is 10.00. The molecule has 3 aromatic heterocycles. The standard InChI is InChI=1S/C90H122N22O24/c1-8-10-20-68-83(129)98-48(3)77(123)100-59(79(125)96-41-73(92)117)30-31-93-42-74(118)99-63(33-50-24-26-54(114)27-25-50)86(132)107(5)49(4)78(124)104-65(38-75(119)120)89(135)111-32-16-23-69(111)84(130)103-62(36-53-40-94-47-97-53)81(127)101-60(28-29-72(91)116)88(134)112-44-55(115)37-71(112)85(131)102-61(34-51-39-95-58-19-14-12-17-56(51)58)80(126)106-66(46-113)82(128)105-64(87(133)109(7)70(21-11-9-2)90(136)108(68)6)35-52-43-110(45-76(121)122)67-22-15-13-18-57(52)67/h12-15,17-19,22,24-27,39-40,43,47-49,55,59-66,68-71,93,95,113-115H,8-11,16,20-21,23,28-38,41-42,44-46H2,1-7H3,(H2,91,116)(H2,92,117)(H,94,97)(H,96,125)(H,98,129)(H,99,118)(H,100,123)(H,101,127)(H,102,131)(H,103,130)(H,104,124)(H,105,128)(H,106,126)(H,119,120)(H,121,122)/t48-,49-,55+,59-,60-,61-,62-,63-,64-,65?,66-,68-,69-,70-,71-/m0/s1. The first kappa shape index (κ1) is 105. The summed E-state index contributed by atoms with van der Waals surface area (Å²) in [4.78, 5) is 288. The Labute approximate surface area is 781 Å². The number of para-hydroxylation sites is 2. The molecule has 736 valence electrons. The fourth-order valence-electron chi connectivity index (χ4n) is 16.7. The molecule has 0 bridgehead atoms. The molecule has 3 aromatic carbocycles. The van der Waals surface area contributed by atoms with Gasteiger partial charge in [0.2, 0.25) is 100 Å². The maximum absolute atomic E-state index is 15.8. The topological polar surface area (TPSA) is 675 Å². The largest absolute Gasteiger partial charge is 0.508 e. The number of phenols is 1. The number of carboxylic acid groups (broad SMARTS) is 2. The number of benzene rings is 3. The number of aromatic nitrogens is 4. The van der Waals surface area contributed by atoms with Crippen LogP contribution in [-0.4, -0.2) is 333 Å². The zero-order chi connectivity index (χ0) is 99.5. The average Bonchev–Trinajstić information content (AvgIpc) is 1.64. The van der Waals surface area contributed by atoms with Crippen molar-refractivity contribution in [3.8, 4) is 5.75 Å². The van der Waals surface area contributed by atoms with Gasteiger partial charge in [-0.3, -0.25) is 91.1 Å². The van der Waals surface area contributed by atoms with Gasteiger partial charge in [-0.25, -0.2) is 4.98 Å². The summed E-state index contributed by atoms with van der Waals surface area (Å²) in [6, 6.07) is -4.18. The number of carbonyl (C=O) groups excluding carboxylic acids is 17. The van der Waals surface area contributed by atoms with Crippen LogP contribution in [0.1, 0.15) is 134 Å². The predicted molar refractivity (Wildman–Crippen MR) is 485 cm³/mol. The lowest BCUT2D eigenvalue weighted by Crippen LogP contribution is -2.61. The third kappa shape index (κ3) is 28.6. The van der Waals surface area contributed by atoms with Crippen LogP contribution < -0.4 is 70.0 Å². The van der Waals surface area contributed by atoms with Crippen molar-refractivity contribution in [2.75, 3.05) is 60.5 Å². The molecule has 0 saturated carbocycles. The minimum atomic E-state index is -2.00. The van der Waals surface area contributed by atoms with E-state index in [0.717, 1.165) is 24.5 Å². The van der Waals surface area contributed by atoms with Crippen molar-refractivity contribution in [1.29, 1.82) is 0 Å².